The van der Waals surface area contributed by atoms with Crippen LogP contribution >= 0.6 is 0 Å². The maximum atomic E-state index is 13.5. The number of anilines is 1. The van der Waals surface area contributed by atoms with Crippen LogP contribution < -0.4 is 35.5 Å². The minimum absolute atomic E-state index is 0.0939. The van der Waals surface area contributed by atoms with Gasteiger partial charge in [-0.15, -0.1) is 0 Å². The summed E-state index contributed by atoms with van der Waals surface area (Å²) in [6, 6.07) is 7.98. The second-order valence-corrected chi connectivity index (χ2v) is 8.29. The lowest BCUT2D eigenvalue weighted by Crippen LogP contribution is -2.43. The summed E-state index contributed by atoms with van der Waals surface area (Å²) in [7, 11) is 5.92. The zero-order valence-corrected chi connectivity index (χ0v) is 20.7. The second kappa shape index (κ2) is 10.7. The van der Waals surface area contributed by atoms with Crippen LogP contribution in [-0.2, 0) is 22.6 Å². The zero-order chi connectivity index (χ0) is 25.8. The average Bonchev–Trinajstić information content (AvgIpc) is 3.41. The van der Waals surface area contributed by atoms with Crippen molar-refractivity contribution in [2.24, 2.45) is 0 Å². The summed E-state index contributed by atoms with van der Waals surface area (Å²) in [6.45, 7) is 0.325. The van der Waals surface area contributed by atoms with Gasteiger partial charge in [-0.25, -0.2) is 4.79 Å². The smallest absolute Gasteiger partial charge is 0.332 e. The van der Waals surface area contributed by atoms with Crippen molar-refractivity contribution in [1.82, 2.24) is 9.13 Å². The minimum Gasteiger partial charge on any atom is -0.497 e. The van der Waals surface area contributed by atoms with E-state index in [-0.39, 0.29) is 30.1 Å². The standard InChI is InChI=1S/C25H29N3O8/c1-32-17-8-15(9-18(10-17)33-2)26-23(29)14-27-20-12-22(35-4)21(34-3)11-19(20)24(30)28(25(27)31)13-16-6-5-7-36-16/h8-12,16H,5-7,13-14H2,1-4H3,(H,26,29)/t16-/m0/s1. The highest BCUT2D eigenvalue weighted by Crippen LogP contribution is 2.31. The van der Waals surface area contributed by atoms with Crippen LogP contribution in [-0.4, -0.2) is 56.2 Å². The Balaban J connectivity index is 1.78. The summed E-state index contributed by atoms with van der Waals surface area (Å²) in [6.07, 6.45) is 1.35. The summed E-state index contributed by atoms with van der Waals surface area (Å²) < 4.78 is 29.2. The third-order valence-electron chi connectivity index (χ3n) is 6.08. The molecule has 1 aromatic heterocycles. The molecular weight excluding hydrogens is 470 g/mol. The molecule has 0 spiro atoms. The van der Waals surface area contributed by atoms with Crippen LogP contribution in [0.2, 0.25) is 0 Å². The summed E-state index contributed by atoms with van der Waals surface area (Å²) >= 11 is 0. The number of aromatic nitrogens is 2. The maximum Gasteiger partial charge on any atom is 0.332 e. The van der Waals surface area contributed by atoms with E-state index in [9.17, 15) is 14.4 Å². The van der Waals surface area contributed by atoms with E-state index in [4.69, 9.17) is 23.7 Å². The van der Waals surface area contributed by atoms with Crippen LogP contribution in [0, 0.1) is 0 Å². The van der Waals surface area contributed by atoms with Crippen molar-refractivity contribution in [3.05, 3.63) is 51.2 Å². The van der Waals surface area contributed by atoms with Crippen LogP contribution in [0.1, 0.15) is 12.8 Å². The Morgan fingerprint density at radius 3 is 2.19 bits per heavy atom. The third-order valence-corrected chi connectivity index (χ3v) is 6.08. The average molecular weight is 500 g/mol. The van der Waals surface area contributed by atoms with Crippen LogP contribution in [0.4, 0.5) is 5.69 Å². The molecule has 2 heterocycles. The lowest BCUT2D eigenvalue weighted by molar-refractivity contribution is -0.116. The fraction of sp³-hybridized carbons (Fsp3) is 0.400. The number of nitrogens with one attached hydrogen (secondary N) is 1. The van der Waals surface area contributed by atoms with Gasteiger partial charge in [0.05, 0.1) is 52.0 Å². The Hall–Kier alpha value is -3.99. The Bertz CT molecular complexity index is 1370. The Morgan fingerprint density at radius 2 is 1.61 bits per heavy atom. The molecule has 1 aliphatic heterocycles. The second-order valence-electron chi connectivity index (χ2n) is 8.29. The molecule has 1 aliphatic rings. The van der Waals surface area contributed by atoms with Gasteiger partial charge in [-0.05, 0) is 18.9 Å². The SMILES string of the molecule is COc1cc(NC(=O)Cn2c(=O)n(C[C@@H]3CCCO3)c(=O)c3cc(OC)c(OC)cc32)cc(OC)c1. The largest absolute Gasteiger partial charge is 0.497 e. The number of methoxy groups -OCH3 is 4. The summed E-state index contributed by atoms with van der Waals surface area (Å²) in [5.41, 5.74) is -0.417. The predicted molar refractivity (Wildman–Crippen MR) is 133 cm³/mol. The highest BCUT2D eigenvalue weighted by atomic mass is 16.5. The molecule has 0 aliphatic carbocycles. The fourth-order valence-electron chi connectivity index (χ4n) is 4.27. The lowest BCUT2D eigenvalue weighted by Gasteiger charge is -2.18. The monoisotopic (exact) mass is 499 g/mol. The van der Waals surface area contributed by atoms with Crippen molar-refractivity contribution in [3.8, 4) is 23.0 Å². The van der Waals surface area contributed by atoms with Crippen molar-refractivity contribution in [1.29, 1.82) is 0 Å². The topological polar surface area (TPSA) is 119 Å². The van der Waals surface area contributed by atoms with Gasteiger partial charge in [0.1, 0.15) is 18.0 Å². The number of carbonyl (C=O) groups is 1. The number of hydrogen-bond donors (Lipinski definition) is 1. The molecule has 2 aromatic carbocycles. The minimum atomic E-state index is -0.617. The van der Waals surface area contributed by atoms with E-state index < -0.39 is 17.2 Å². The van der Waals surface area contributed by atoms with E-state index >= 15 is 0 Å². The van der Waals surface area contributed by atoms with E-state index in [1.54, 1.807) is 18.2 Å². The Labute approximate surface area is 207 Å². The van der Waals surface area contributed by atoms with Crippen LogP contribution in [0.3, 0.4) is 0 Å². The molecule has 11 nitrogen and oxygen atoms in total. The van der Waals surface area contributed by atoms with E-state index in [1.165, 1.54) is 45.1 Å². The number of rotatable bonds is 9. The number of nitrogens with zero attached hydrogens (tertiary/aromatic N) is 2. The van der Waals surface area contributed by atoms with Gasteiger partial charge in [0, 0.05) is 36.6 Å². The Morgan fingerprint density at radius 1 is 0.944 bits per heavy atom. The van der Waals surface area contributed by atoms with Crippen molar-refractivity contribution in [3.63, 3.8) is 0 Å². The molecule has 3 aromatic rings. The van der Waals surface area contributed by atoms with Gasteiger partial charge in [-0.1, -0.05) is 0 Å². The van der Waals surface area contributed by atoms with Crippen molar-refractivity contribution >= 4 is 22.5 Å². The fourth-order valence-corrected chi connectivity index (χ4v) is 4.27. The molecule has 0 radical (unpaired) electrons. The predicted octanol–water partition coefficient (Wildman–Crippen LogP) is 2.02. The van der Waals surface area contributed by atoms with Gasteiger partial charge < -0.3 is 29.0 Å². The first kappa shape index (κ1) is 25.1. The van der Waals surface area contributed by atoms with Gasteiger partial charge in [-0.3, -0.25) is 18.7 Å². The Kier molecular flexibility index (Phi) is 7.49. The van der Waals surface area contributed by atoms with Crippen LogP contribution in [0.5, 0.6) is 23.0 Å². The first-order valence-corrected chi connectivity index (χ1v) is 11.4. The van der Waals surface area contributed by atoms with Gasteiger partial charge in [-0.2, -0.15) is 0 Å². The summed E-state index contributed by atoms with van der Waals surface area (Å²) in [5, 5.41) is 2.99. The number of carbonyl (C=O) groups excluding carboxylic acids is 1. The van der Waals surface area contributed by atoms with Crippen molar-refractivity contribution < 1.29 is 28.5 Å². The molecule has 192 valence electrons. The molecule has 1 N–H and O–H groups in total. The molecule has 0 saturated carbocycles. The number of ether oxygens (including phenoxy) is 5. The lowest BCUT2D eigenvalue weighted by atomic mass is 10.2. The van der Waals surface area contributed by atoms with E-state index in [0.717, 1.165) is 17.4 Å². The van der Waals surface area contributed by atoms with E-state index in [1.807, 2.05) is 0 Å². The normalized spacial score (nSPS) is 15.1. The quantitative estimate of drug-likeness (QED) is 0.475. The first-order chi connectivity index (χ1) is 17.4. The van der Waals surface area contributed by atoms with Gasteiger partial charge >= 0.3 is 5.69 Å². The highest BCUT2D eigenvalue weighted by Gasteiger charge is 2.23. The molecule has 36 heavy (non-hydrogen) atoms. The zero-order valence-electron chi connectivity index (χ0n) is 20.7. The van der Waals surface area contributed by atoms with Crippen LogP contribution in [0.25, 0.3) is 10.9 Å². The molecule has 1 saturated heterocycles. The molecule has 0 bridgehead atoms. The molecule has 11 heteroatoms. The molecule has 4 rings (SSSR count). The maximum absolute atomic E-state index is 13.5. The molecule has 1 fully saturated rings. The van der Waals surface area contributed by atoms with Gasteiger partial charge in [0.25, 0.3) is 5.56 Å². The van der Waals surface area contributed by atoms with E-state index in [2.05, 4.69) is 5.32 Å². The number of hydrogen-bond acceptors (Lipinski definition) is 8. The van der Waals surface area contributed by atoms with E-state index in [0.29, 0.717) is 35.3 Å². The molecule has 1 atom stereocenters. The van der Waals surface area contributed by atoms with Gasteiger partial charge in [0.15, 0.2) is 11.5 Å². The van der Waals surface area contributed by atoms with Crippen molar-refractivity contribution in [2.75, 3.05) is 40.4 Å². The number of fused-ring (bicyclic) bond motifs is 1. The van der Waals surface area contributed by atoms with Crippen molar-refractivity contribution in [2.45, 2.75) is 32.0 Å². The first-order valence-electron chi connectivity index (χ1n) is 11.4. The molecule has 1 amide bonds. The summed E-state index contributed by atoms with van der Waals surface area (Å²) in [4.78, 5) is 39.9. The number of benzene rings is 2. The summed E-state index contributed by atoms with van der Waals surface area (Å²) in [5.74, 6) is 1.17. The molecular formula is C25H29N3O8. The molecule has 0 unspecified atom stereocenters. The van der Waals surface area contributed by atoms with Crippen LogP contribution in [0.15, 0.2) is 39.9 Å². The third kappa shape index (κ3) is 5.01. The number of amides is 1. The van der Waals surface area contributed by atoms with Gasteiger partial charge in [0.2, 0.25) is 5.91 Å². The highest BCUT2D eigenvalue weighted by molar-refractivity contribution is 5.92.